The molecular formula is C15H21FN2O2. The lowest BCUT2D eigenvalue weighted by molar-refractivity contribution is -0.119. The van der Waals surface area contributed by atoms with Crippen LogP contribution in [0.25, 0.3) is 0 Å². The second kappa shape index (κ2) is 6.22. The van der Waals surface area contributed by atoms with E-state index in [2.05, 4.69) is 0 Å². The summed E-state index contributed by atoms with van der Waals surface area (Å²) in [5, 5.41) is 9.78. The number of rotatable bonds is 4. The fourth-order valence-corrected chi connectivity index (χ4v) is 2.85. The molecule has 0 bridgehead atoms. The Morgan fingerprint density at radius 2 is 2.15 bits per heavy atom. The lowest BCUT2D eigenvalue weighted by Gasteiger charge is -2.35. The molecule has 5 heteroatoms. The maximum absolute atomic E-state index is 14.1. The number of anilines is 1. The molecule has 0 aromatic heterocycles. The van der Waals surface area contributed by atoms with Crippen molar-refractivity contribution >= 4 is 11.6 Å². The van der Waals surface area contributed by atoms with Gasteiger partial charge in [0, 0.05) is 25.1 Å². The largest absolute Gasteiger partial charge is 0.389 e. The lowest BCUT2D eigenvalue weighted by atomic mass is 9.92. The number of primary amides is 1. The van der Waals surface area contributed by atoms with Gasteiger partial charge in [-0.2, -0.15) is 0 Å². The Hall–Kier alpha value is -1.62. The highest BCUT2D eigenvalue weighted by Crippen LogP contribution is 2.32. The number of aliphatic hydroxyl groups is 1. The Kier molecular flexibility index (Phi) is 4.60. The molecule has 4 nitrogen and oxygen atoms in total. The molecule has 1 aliphatic rings. The summed E-state index contributed by atoms with van der Waals surface area (Å²) >= 11 is 0. The number of para-hydroxylation sites is 1. The molecule has 1 unspecified atom stereocenters. The van der Waals surface area contributed by atoms with Crippen molar-refractivity contribution in [2.24, 2.45) is 11.7 Å². The number of nitrogens with two attached hydrogens (primary N) is 1. The molecule has 0 radical (unpaired) electrons. The smallest absolute Gasteiger partial charge is 0.217 e. The van der Waals surface area contributed by atoms with Crippen LogP contribution in [-0.4, -0.2) is 24.1 Å². The van der Waals surface area contributed by atoms with Gasteiger partial charge in [-0.05, 0) is 31.7 Å². The third-order valence-corrected chi connectivity index (χ3v) is 3.89. The average molecular weight is 280 g/mol. The second-order valence-corrected chi connectivity index (χ2v) is 5.45. The molecule has 1 heterocycles. The van der Waals surface area contributed by atoms with Gasteiger partial charge in [-0.3, -0.25) is 4.79 Å². The fourth-order valence-electron chi connectivity index (χ4n) is 2.85. The molecule has 20 heavy (non-hydrogen) atoms. The second-order valence-electron chi connectivity index (χ2n) is 5.45. The predicted molar refractivity (Wildman–Crippen MR) is 75.8 cm³/mol. The van der Waals surface area contributed by atoms with Gasteiger partial charge in [0.15, 0.2) is 0 Å². The molecule has 1 aromatic rings. The highest BCUT2D eigenvalue weighted by atomic mass is 19.1. The van der Waals surface area contributed by atoms with Crippen molar-refractivity contribution in [1.82, 2.24) is 0 Å². The Balaban J connectivity index is 2.12. The molecule has 0 saturated carbocycles. The summed E-state index contributed by atoms with van der Waals surface area (Å²) in [7, 11) is 0. The highest BCUT2D eigenvalue weighted by molar-refractivity contribution is 5.74. The number of hydrogen-bond donors (Lipinski definition) is 2. The molecule has 1 saturated heterocycles. The zero-order chi connectivity index (χ0) is 14.7. The summed E-state index contributed by atoms with van der Waals surface area (Å²) in [4.78, 5) is 12.9. The zero-order valence-corrected chi connectivity index (χ0v) is 11.7. The number of aliphatic hydroxyl groups excluding tert-OH is 1. The van der Waals surface area contributed by atoms with Gasteiger partial charge in [0.1, 0.15) is 5.82 Å². The topological polar surface area (TPSA) is 66.6 Å². The van der Waals surface area contributed by atoms with Gasteiger partial charge < -0.3 is 15.7 Å². The first-order valence-electron chi connectivity index (χ1n) is 6.98. The predicted octanol–water partition coefficient (Wildman–Crippen LogP) is 1.97. The van der Waals surface area contributed by atoms with Crippen molar-refractivity contribution in [1.29, 1.82) is 0 Å². The number of carbonyl (C=O) groups excluding carboxylic acids is 1. The van der Waals surface area contributed by atoms with Crippen LogP contribution in [0.4, 0.5) is 10.1 Å². The quantitative estimate of drug-likeness (QED) is 0.886. The Morgan fingerprint density at radius 3 is 2.70 bits per heavy atom. The van der Waals surface area contributed by atoms with E-state index in [1.54, 1.807) is 19.1 Å². The van der Waals surface area contributed by atoms with Gasteiger partial charge in [-0.25, -0.2) is 4.39 Å². The van der Waals surface area contributed by atoms with E-state index in [4.69, 9.17) is 5.73 Å². The van der Waals surface area contributed by atoms with Crippen LogP contribution < -0.4 is 10.6 Å². The van der Waals surface area contributed by atoms with Crippen LogP contribution in [-0.2, 0) is 4.79 Å². The van der Waals surface area contributed by atoms with Gasteiger partial charge in [-0.1, -0.05) is 12.1 Å². The highest BCUT2D eigenvalue weighted by Gasteiger charge is 2.25. The minimum Gasteiger partial charge on any atom is -0.389 e. The van der Waals surface area contributed by atoms with E-state index in [1.807, 2.05) is 4.90 Å². The minimum atomic E-state index is -0.705. The maximum Gasteiger partial charge on any atom is 0.217 e. The SMILES string of the molecule is CC(O)c1cccc(F)c1N1CCC(CC(N)=O)CC1. The van der Waals surface area contributed by atoms with Crippen molar-refractivity contribution in [2.75, 3.05) is 18.0 Å². The molecule has 2 rings (SSSR count). The average Bonchev–Trinajstić information content (AvgIpc) is 2.39. The number of piperidine rings is 1. The third kappa shape index (κ3) is 3.28. The summed E-state index contributed by atoms with van der Waals surface area (Å²) in [6.07, 6.45) is 1.32. The van der Waals surface area contributed by atoms with Crippen LogP contribution in [0.5, 0.6) is 0 Å². The van der Waals surface area contributed by atoms with Gasteiger partial charge in [0.25, 0.3) is 0 Å². The number of nitrogens with zero attached hydrogens (tertiary/aromatic N) is 1. The third-order valence-electron chi connectivity index (χ3n) is 3.89. The van der Waals surface area contributed by atoms with Crippen LogP contribution in [0.15, 0.2) is 18.2 Å². The van der Waals surface area contributed by atoms with E-state index in [0.29, 0.717) is 30.8 Å². The van der Waals surface area contributed by atoms with Crippen molar-refractivity contribution in [3.63, 3.8) is 0 Å². The van der Waals surface area contributed by atoms with Crippen molar-refractivity contribution in [2.45, 2.75) is 32.3 Å². The summed E-state index contributed by atoms with van der Waals surface area (Å²) in [6, 6.07) is 4.77. The molecule has 110 valence electrons. The van der Waals surface area contributed by atoms with Crippen molar-refractivity contribution in [3.05, 3.63) is 29.6 Å². The van der Waals surface area contributed by atoms with E-state index in [-0.39, 0.29) is 17.6 Å². The fraction of sp³-hybridized carbons (Fsp3) is 0.533. The number of halogens is 1. The van der Waals surface area contributed by atoms with Gasteiger partial charge >= 0.3 is 0 Å². The number of hydrogen-bond acceptors (Lipinski definition) is 3. The molecule has 0 spiro atoms. The van der Waals surface area contributed by atoms with Gasteiger partial charge in [0.05, 0.1) is 11.8 Å². The van der Waals surface area contributed by atoms with Crippen LogP contribution in [0.2, 0.25) is 0 Å². The Morgan fingerprint density at radius 1 is 1.50 bits per heavy atom. The molecule has 3 N–H and O–H groups in total. The summed E-state index contributed by atoms with van der Waals surface area (Å²) in [5.74, 6) is -0.304. The standard InChI is InChI=1S/C15H21FN2O2/c1-10(19)12-3-2-4-13(16)15(12)18-7-5-11(6-8-18)9-14(17)20/h2-4,10-11,19H,5-9H2,1H3,(H2,17,20). The number of carbonyl (C=O) groups is 1. The molecule has 1 fully saturated rings. The van der Waals surface area contributed by atoms with E-state index < -0.39 is 6.10 Å². The number of amides is 1. The minimum absolute atomic E-state index is 0.279. The van der Waals surface area contributed by atoms with E-state index in [9.17, 15) is 14.3 Å². The Labute approximate surface area is 118 Å². The zero-order valence-electron chi connectivity index (χ0n) is 11.7. The summed E-state index contributed by atoms with van der Waals surface area (Å²) in [5.41, 5.74) is 6.31. The molecular weight excluding hydrogens is 259 g/mol. The van der Waals surface area contributed by atoms with Crippen LogP contribution in [0, 0.1) is 11.7 Å². The summed E-state index contributed by atoms with van der Waals surface area (Å²) in [6.45, 7) is 3.00. The van der Waals surface area contributed by atoms with Crippen molar-refractivity contribution in [3.8, 4) is 0 Å². The molecule has 1 amide bonds. The van der Waals surface area contributed by atoms with Gasteiger partial charge in [-0.15, -0.1) is 0 Å². The number of benzene rings is 1. The van der Waals surface area contributed by atoms with Crippen LogP contribution >= 0.6 is 0 Å². The monoisotopic (exact) mass is 280 g/mol. The normalized spacial score (nSPS) is 18.1. The van der Waals surface area contributed by atoms with E-state index in [1.165, 1.54) is 6.07 Å². The van der Waals surface area contributed by atoms with Crippen molar-refractivity contribution < 1.29 is 14.3 Å². The summed E-state index contributed by atoms with van der Waals surface area (Å²) < 4.78 is 14.1. The van der Waals surface area contributed by atoms with E-state index in [0.717, 1.165) is 12.8 Å². The first-order valence-corrected chi connectivity index (χ1v) is 6.98. The molecule has 1 atom stereocenters. The Bertz CT molecular complexity index is 483. The van der Waals surface area contributed by atoms with Crippen LogP contribution in [0.1, 0.15) is 37.9 Å². The lowest BCUT2D eigenvalue weighted by Crippen LogP contribution is -2.36. The molecule has 0 aliphatic carbocycles. The first kappa shape index (κ1) is 14.8. The van der Waals surface area contributed by atoms with Crippen LogP contribution in [0.3, 0.4) is 0 Å². The molecule has 1 aliphatic heterocycles. The van der Waals surface area contributed by atoms with Gasteiger partial charge in [0.2, 0.25) is 5.91 Å². The maximum atomic E-state index is 14.1. The van der Waals surface area contributed by atoms with E-state index >= 15 is 0 Å². The first-order chi connectivity index (χ1) is 9.49. The molecule has 1 aromatic carbocycles.